The maximum atomic E-state index is 12.1. The van der Waals surface area contributed by atoms with Crippen LogP contribution in [0.5, 0.6) is 5.75 Å². The Bertz CT molecular complexity index is 643. The van der Waals surface area contributed by atoms with E-state index in [1.807, 2.05) is 49.4 Å². The van der Waals surface area contributed by atoms with Gasteiger partial charge in [0.1, 0.15) is 5.75 Å². The summed E-state index contributed by atoms with van der Waals surface area (Å²) < 4.78 is 5.73. The predicted octanol–water partition coefficient (Wildman–Crippen LogP) is 3.41. The maximum Gasteiger partial charge on any atom is 0.260 e. The van der Waals surface area contributed by atoms with E-state index in [2.05, 4.69) is 29.4 Å². The second kappa shape index (κ2) is 8.96. The summed E-state index contributed by atoms with van der Waals surface area (Å²) in [4.78, 5) is 14.3. The zero-order valence-corrected chi connectivity index (χ0v) is 14.7. The molecule has 0 aliphatic heterocycles. The molecule has 0 fully saturated rings. The van der Waals surface area contributed by atoms with Crippen LogP contribution < -0.4 is 15.0 Å². The molecule has 128 valence electrons. The van der Waals surface area contributed by atoms with E-state index in [4.69, 9.17) is 4.74 Å². The van der Waals surface area contributed by atoms with Gasteiger partial charge in [0.2, 0.25) is 0 Å². The van der Waals surface area contributed by atoms with Crippen LogP contribution in [0.4, 0.5) is 5.69 Å². The van der Waals surface area contributed by atoms with Crippen molar-refractivity contribution in [3.05, 3.63) is 60.2 Å². The molecule has 0 spiro atoms. The van der Waals surface area contributed by atoms with E-state index >= 15 is 0 Å². The van der Waals surface area contributed by atoms with Crippen molar-refractivity contribution >= 4 is 11.6 Å². The topological polar surface area (TPSA) is 41.6 Å². The number of nitrogens with one attached hydrogen (secondary N) is 1. The van der Waals surface area contributed by atoms with E-state index in [-0.39, 0.29) is 5.91 Å². The summed E-state index contributed by atoms with van der Waals surface area (Å²) in [7, 11) is 2.06. The molecular formula is C20H26N2O2. The molecule has 2 aromatic rings. The maximum absolute atomic E-state index is 12.1. The number of benzene rings is 2. The fourth-order valence-corrected chi connectivity index (χ4v) is 2.42. The Labute approximate surface area is 144 Å². The van der Waals surface area contributed by atoms with Crippen molar-refractivity contribution in [2.45, 2.75) is 26.4 Å². The average molecular weight is 326 g/mol. The van der Waals surface area contributed by atoms with Crippen molar-refractivity contribution in [2.75, 3.05) is 25.0 Å². The van der Waals surface area contributed by atoms with Crippen LogP contribution in [0, 0.1) is 6.92 Å². The van der Waals surface area contributed by atoms with Gasteiger partial charge in [-0.25, -0.2) is 0 Å². The predicted molar refractivity (Wildman–Crippen MR) is 98.6 cm³/mol. The minimum atomic E-state index is -0.502. The van der Waals surface area contributed by atoms with E-state index in [0.717, 1.165) is 24.3 Å². The monoisotopic (exact) mass is 326 g/mol. The fourth-order valence-electron chi connectivity index (χ4n) is 2.42. The zero-order chi connectivity index (χ0) is 17.4. The van der Waals surface area contributed by atoms with Crippen molar-refractivity contribution in [3.63, 3.8) is 0 Å². The lowest BCUT2D eigenvalue weighted by Gasteiger charge is -2.20. The number of carbonyl (C=O) groups is 1. The number of para-hydroxylation sites is 2. The van der Waals surface area contributed by atoms with E-state index in [0.29, 0.717) is 6.54 Å². The van der Waals surface area contributed by atoms with Crippen LogP contribution in [0.15, 0.2) is 54.6 Å². The van der Waals surface area contributed by atoms with Crippen molar-refractivity contribution in [2.24, 2.45) is 0 Å². The Hall–Kier alpha value is -2.49. The van der Waals surface area contributed by atoms with Gasteiger partial charge in [0.05, 0.1) is 0 Å². The summed E-state index contributed by atoms with van der Waals surface area (Å²) in [6.45, 7) is 5.27. The van der Waals surface area contributed by atoms with Crippen LogP contribution in [0.3, 0.4) is 0 Å². The normalized spacial score (nSPS) is 11.6. The highest BCUT2D eigenvalue weighted by atomic mass is 16.5. The summed E-state index contributed by atoms with van der Waals surface area (Å²) >= 11 is 0. The summed E-state index contributed by atoms with van der Waals surface area (Å²) in [5.74, 6) is 0.671. The largest absolute Gasteiger partial charge is 0.481 e. The Balaban J connectivity index is 1.70. The van der Waals surface area contributed by atoms with Crippen LogP contribution in [-0.4, -0.2) is 32.1 Å². The van der Waals surface area contributed by atoms with Gasteiger partial charge in [-0.2, -0.15) is 0 Å². The molecule has 0 aliphatic rings. The smallest absolute Gasteiger partial charge is 0.260 e. The van der Waals surface area contributed by atoms with Crippen LogP contribution in [0.25, 0.3) is 0 Å². The Morgan fingerprint density at radius 3 is 2.50 bits per heavy atom. The Morgan fingerprint density at radius 1 is 1.12 bits per heavy atom. The van der Waals surface area contributed by atoms with Crippen LogP contribution in [0.1, 0.15) is 18.9 Å². The van der Waals surface area contributed by atoms with Crippen molar-refractivity contribution in [3.8, 4) is 5.75 Å². The van der Waals surface area contributed by atoms with E-state index in [1.165, 1.54) is 5.69 Å². The number of hydrogen-bond donors (Lipinski definition) is 1. The molecule has 4 heteroatoms. The molecule has 0 saturated carbocycles. The van der Waals surface area contributed by atoms with Crippen molar-refractivity contribution in [1.82, 2.24) is 5.32 Å². The molecule has 1 N–H and O–H groups in total. The molecule has 0 radical (unpaired) electrons. The van der Waals surface area contributed by atoms with Gasteiger partial charge in [-0.05, 0) is 44.0 Å². The minimum absolute atomic E-state index is 0.0828. The third-order valence-corrected chi connectivity index (χ3v) is 3.93. The van der Waals surface area contributed by atoms with E-state index in [9.17, 15) is 4.79 Å². The van der Waals surface area contributed by atoms with Gasteiger partial charge in [0.25, 0.3) is 5.91 Å². The first-order chi connectivity index (χ1) is 11.6. The number of nitrogens with zero attached hydrogens (tertiary/aromatic N) is 1. The lowest BCUT2D eigenvalue weighted by atomic mass is 10.2. The molecule has 1 amide bonds. The second-order valence-corrected chi connectivity index (χ2v) is 5.93. The highest BCUT2D eigenvalue weighted by Gasteiger charge is 2.14. The molecule has 4 nitrogen and oxygen atoms in total. The van der Waals surface area contributed by atoms with Crippen LogP contribution in [0.2, 0.25) is 0 Å². The summed E-state index contributed by atoms with van der Waals surface area (Å²) in [6, 6.07) is 17.9. The third-order valence-electron chi connectivity index (χ3n) is 3.93. The molecule has 24 heavy (non-hydrogen) atoms. The zero-order valence-electron chi connectivity index (χ0n) is 14.7. The van der Waals surface area contributed by atoms with E-state index in [1.54, 1.807) is 6.92 Å². The first-order valence-electron chi connectivity index (χ1n) is 8.34. The molecule has 0 aromatic heterocycles. The number of amides is 1. The van der Waals surface area contributed by atoms with E-state index < -0.39 is 6.10 Å². The SMILES string of the molecule is Cc1ccccc1O[C@@H](C)C(=O)NCCCN(C)c1ccccc1. The number of ether oxygens (including phenoxy) is 1. The average Bonchev–Trinajstić information content (AvgIpc) is 2.61. The lowest BCUT2D eigenvalue weighted by molar-refractivity contribution is -0.127. The number of carbonyl (C=O) groups excluding carboxylic acids is 1. The van der Waals surface area contributed by atoms with Gasteiger partial charge in [0.15, 0.2) is 6.10 Å². The molecule has 0 heterocycles. The van der Waals surface area contributed by atoms with Gasteiger partial charge in [-0.15, -0.1) is 0 Å². The summed E-state index contributed by atoms with van der Waals surface area (Å²) in [6.07, 6.45) is 0.381. The molecule has 1 atom stereocenters. The van der Waals surface area contributed by atoms with Crippen LogP contribution >= 0.6 is 0 Å². The molecule has 0 unspecified atom stereocenters. The fraction of sp³-hybridized carbons (Fsp3) is 0.350. The first kappa shape index (κ1) is 17.9. The standard InChI is InChI=1S/C20H26N2O2/c1-16-10-7-8-13-19(16)24-17(2)20(23)21-14-9-15-22(3)18-11-5-4-6-12-18/h4-8,10-13,17H,9,14-15H2,1-3H3,(H,21,23)/t17-/m0/s1. The van der Waals surface area contributed by atoms with Crippen LogP contribution in [-0.2, 0) is 4.79 Å². The highest BCUT2D eigenvalue weighted by Crippen LogP contribution is 2.17. The molecule has 0 bridgehead atoms. The second-order valence-electron chi connectivity index (χ2n) is 5.93. The molecule has 0 saturated heterocycles. The quantitative estimate of drug-likeness (QED) is 0.756. The van der Waals surface area contributed by atoms with Gasteiger partial charge in [-0.3, -0.25) is 4.79 Å². The van der Waals surface area contributed by atoms with Gasteiger partial charge >= 0.3 is 0 Å². The lowest BCUT2D eigenvalue weighted by Crippen LogP contribution is -2.37. The van der Waals surface area contributed by atoms with Gasteiger partial charge in [0, 0.05) is 25.8 Å². The van der Waals surface area contributed by atoms with Crippen molar-refractivity contribution < 1.29 is 9.53 Å². The van der Waals surface area contributed by atoms with Gasteiger partial charge in [-0.1, -0.05) is 36.4 Å². The highest BCUT2D eigenvalue weighted by molar-refractivity contribution is 5.80. The molecule has 2 aromatic carbocycles. The first-order valence-corrected chi connectivity index (χ1v) is 8.34. The number of rotatable bonds is 8. The third kappa shape index (κ3) is 5.30. The number of hydrogen-bond acceptors (Lipinski definition) is 3. The van der Waals surface area contributed by atoms with Crippen molar-refractivity contribution in [1.29, 1.82) is 0 Å². The minimum Gasteiger partial charge on any atom is -0.481 e. The molecule has 2 rings (SSSR count). The van der Waals surface area contributed by atoms with Gasteiger partial charge < -0.3 is 15.0 Å². The number of aryl methyl sites for hydroxylation is 1. The molecular weight excluding hydrogens is 300 g/mol. The Morgan fingerprint density at radius 2 is 1.79 bits per heavy atom. The summed E-state index contributed by atoms with van der Waals surface area (Å²) in [5, 5.41) is 2.94. The Kier molecular flexibility index (Phi) is 6.67. The molecule has 0 aliphatic carbocycles. The summed E-state index contributed by atoms with van der Waals surface area (Å²) in [5.41, 5.74) is 2.21. The number of anilines is 1.